The molecule has 0 aliphatic heterocycles. The van der Waals surface area contributed by atoms with Gasteiger partial charge in [-0.25, -0.2) is 4.79 Å². The fourth-order valence-electron chi connectivity index (χ4n) is 2.20. The van der Waals surface area contributed by atoms with E-state index in [0.717, 1.165) is 0 Å². The molecule has 26 heavy (non-hydrogen) atoms. The van der Waals surface area contributed by atoms with Gasteiger partial charge in [0.15, 0.2) is 0 Å². The minimum absolute atomic E-state index is 0.0186. The lowest BCUT2D eigenvalue weighted by Crippen LogP contribution is -2.46. The van der Waals surface area contributed by atoms with Gasteiger partial charge in [0.2, 0.25) is 5.91 Å². The van der Waals surface area contributed by atoms with Gasteiger partial charge in [-0.3, -0.25) is 14.6 Å². The van der Waals surface area contributed by atoms with Crippen molar-refractivity contribution in [1.29, 1.82) is 5.26 Å². The average Bonchev–Trinajstić information content (AvgIpc) is 2.66. The van der Waals surface area contributed by atoms with E-state index in [2.05, 4.69) is 15.6 Å². The van der Waals surface area contributed by atoms with Crippen LogP contribution in [-0.2, 0) is 16.0 Å². The first-order valence-corrected chi connectivity index (χ1v) is 7.70. The molecule has 0 unspecified atom stereocenters. The molecule has 2 rings (SSSR count). The van der Waals surface area contributed by atoms with E-state index in [0.29, 0.717) is 11.1 Å². The molecule has 8 heteroatoms. The summed E-state index contributed by atoms with van der Waals surface area (Å²) >= 11 is 0. The fraction of sp³-hybridized carbons (Fsp3) is 0.167. The minimum Gasteiger partial charge on any atom is -0.480 e. The number of carboxylic acids is 1. The summed E-state index contributed by atoms with van der Waals surface area (Å²) in [5.74, 6) is -2.38. The van der Waals surface area contributed by atoms with Gasteiger partial charge in [-0.15, -0.1) is 0 Å². The Morgan fingerprint density at radius 3 is 2.65 bits per heavy atom. The SMILES string of the molecule is N#Cc1cccc(C[C@H](NC(=O)CNC(=O)c2ccccn2)C(=O)O)c1. The third-order valence-corrected chi connectivity index (χ3v) is 3.44. The predicted octanol–water partition coefficient (Wildman–Crippen LogP) is 0.495. The minimum atomic E-state index is -1.21. The van der Waals surface area contributed by atoms with Crippen molar-refractivity contribution >= 4 is 17.8 Å². The Morgan fingerprint density at radius 2 is 2.00 bits per heavy atom. The summed E-state index contributed by atoms with van der Waals surface area (Å²) in [5, 5.41) is 22.9. The third kappa shape index (κ3) is 5.42. The number of carbonyl (C=O) groups is 3. The Balaban J connectivity index is 1.92. The molecule has 0 saturated carbocycles. The molecule has 0 radical (unpaired) electrons. The Bertz CT molecular complexity index is 846. The van der Waals surface area contributed by atoms with Crippen molar-refractivity contribution in [2.75, 3.05) is 6.54 Å². The van der Waals surface area contributed by atoms with Crippen molar-refractivity contribution in [3.8, 4) is 6.07 Å². The van der Waals surface area contributed by atoms with Crippen LogP contribution in [0.2, 0.25) is 0 Å². The van der Waals surface area contributed by atoms with Crippen molar-refractivity contribution in [2.24, 2.45) is 0 Å². The van der Waals surface area contributed by atoms with Crippen LogP contribution in [0.4, 0.5) is 0 Å². The number of carbonyl (C=O) groups excluding carboxylic acids is 2. The van der Waals surface area contributed by atoms with Crippen LogP contribution in [0.25, 0.3) is 0 Å². The molecule has 2 aromatic rings. The van der Waals surface area contributed by atoms with Gasteiger partial charge in [0, 0.05) is 12.6 Å². The van der Waals surface area contributed by atoms with Crippen molar-refractivity contribution in [3.05, 3.63) is 65.5 Å². The molecular formula is C18H16N4O4. The highest BCUT2D eigenvalue weighted by Gasteiger charge is 2.21. The van der Waals surface area contributed by atoms with E-state index in [9.17, 15) is 19.5 Å². The predicted molar refractivity (Wildman–Crippen MR) is 91.0 cm³/mol. The molecule has 0 aliphatic carbocycles. The summed E-state index contributed by atoms with van der Waals surface area (Å²) in [6.07, 6.45) is 1.47. The number of aliphatic carboxylic acids is 1. The van der Waals surface area contributed by atoms with Crippen molar-refractivity contribution in [2.45, 2.75) is 12.5 Å². The molecule has 2 amide bonds. The average molecular weight is 352 g/mol. The van der Waals surface area contributed by atoms with Crippen LogP contribution in [0.15, 0.2) is 48.7 Å². The number of carboxylic acid groups (broad SMARTS) is 1. The zero-order chi connectivity index (χ0) is 18.9. The van der Waals surface area contributed by atoms with Gasteiger partial charge in [0.05, 0.1) is 18.2 Å². The van der Waals surface area contributed by atoms with E-state index in [-0.39, 0.29) is 18.7 Å². The Morgan fingerprint density at radius 1 is 1.19 bits per heavy atom. The van der Waals surface area contributed by atoms with Crippen molar-refractivity contribution in [3.63, 3.8) is 0 Å². The number of benzene rings is 1. The quantitative estimate of drug-likeness (QED) is 0.664. The van der Waals surface area contributed by atoms with Crippen LogP contribution in [-0.4, -0.2) is 40.5 Å². The number of nitriles is 1. The highest BCUT2D eigenvalue weighted by Crippen LogP contribution is 2.07. The summed E-state index contributed by atoms with van der Waals surface area (Å²) in [6.45, 7) is -0.378. The summed E-state index contributed by atoms with van der Waals surface area (Å²) < 4.78 is 0. The number of aromatic nitrogens is 1. The summed E-state index contributed by atoms with van der Waals surface area (Å²) in [7, 11) is 0. The van der Waals surface area contributed by atoms with Crippen LogP contribution in [0.1, 0.15) is 21.6 Å². The van der Waals surface area contributed by atoms with Gasteiger partial charge in [0.25, 0.3) is 5.91 Å². The molecule has 0 bridgehead atoms. The second-order valence-corrected chi connectivity index (χ2v) is 5.37. The van der Waals surface area contributed by atoms with E-state index < -0.39 is 23.8 Å². The fourth-order valence-corrected chi connectivity index (χ4v) is 2.20. The summed E-state index contributed by atoms with van der Waals surface area (Å²) in [6, 6.07) is 12.1. The van der Waals surface area contributed by atoms with Gasteiger partial charge in [-0.05, 0) is 29.8 Å². The lowest BCUT2D eigenvalue weighted by Gasteiger charge is -2.15. The zero-order valence-corrected chi connectivity index (χ0v) is 13.7. The molecule has 1 heterocycles. The highest BCUT2D eigenvalue weighted by atomic mass is 16.4. The van der Waals surface area contributed by atoms with Crippen LogP contribution in [0.3, 0.4) is 0 Å². The maximum atomic E-state index is 11.9. The molecule has 3 N–H and O–H groups in total. The van der Waals surface area contributed by atoms with E-state index in [1.165, 1.54) is 12.3 Å². The maximum absolute atomic E-state index is 11.9. The maximum Gasteiger partial charge on any atom is 0.326 e. The molecule has 1 atom stereocenters. The van der Waals surface area contributed by atoms with Crippen LogP contribution in [0.5, 0.6) is 0 Å². The van der Waals surface area contributed by atoms with Crippen molar-refractivity contribution in [1.82, 2.24) is 15.6 Å². The summed E-state index contributed by atoms with van der Waals surface area (Å²) in [4.78, 5) is 39.0. The smallest absolute Gasteiger partial charge is 0.326 e. The molecule has 8 nitrogen and oxygen atoms in total. The lowest BCUT2D eigenvalue weighted by atomic mass is 10.0. The molecule has 0 fully saturated rings. The number of nitrogens with one attached hydrogen (secondary N) is 2. The van der Waals surface area contributed by atoms with E-state index in [1.807, 2.05) is 6.07 Å². The number of nitrogens with zero attached hydrogens (tertiary/aromatic N) is 2. The van der Waals surface area contributed by atoms with Gasteiger partial charge in [-0.1, -0.05) is 18.2 Å². The van der Waals surface area contributed by atoms with Gasteiger partial charge >= 0.3 is 5.97 Å². The number of pyridine rings is 1. The second-order valence-electron chi connectivity index (χ2n) is 5.37. The molecule has 0 aliphatic rings. The Kier molecular flexibility index (Phi) is 6.40. The van der Waals surface area contributed by atoms with Gasteiger partial charge in [-0.2, -0.15) is 5.26 Å². The summed E-state index contributed by atoms with van der Waals surface area (Å²) in [5.41, 5.74) is 1.17. The van der Waals surface area contributed by atoms with E-state index in [1.54, 1.807) is 36.4 Å². The lowest BCUT2D eigenvalue weighted by molar-refractivity contribution is -0.141. The van der Waals surface area contributed by atoms with Crippen LogP contribution in [0, 0.1) is 11.3 Å². The molecule has 1 aromatic carbocycles. The van der Waals surface area contributed by atoms with E-state index in [4.69, 9.17) is 5.26 Å². The molecule has 0 spiro atoms. The topological polar surface area (TPSA) is 132 Å². The number of hydrogen-bond donors (Lipinski definition) is 3. The first-order chi connectivity index (χ1) is 12.5. The Labute approximate surface area is 149 Å². The van der Waals surface area contributed by atoms with Gasteiger partial charge < -0.3 is 15.7 Å². The van der Waals surface area contributed by atoms with Crippen molar-refractivity contribution < 1.29 is 19.5 Å². The Hall–Kier alpha value is -3.73. The first kappa shape index (κ1) is 18.6. The number of hydrogen-bond acceptors (Lipinski definition) is 5. The van der Waals surface area contributed by atoms with E-state index >= 15 is 0 Å². The third-order valence-electron chi connectivity index (χ3n) is 3.44. The molecular weight excluding hydrogens is 336 g/mol. The largest absolute Gasteiger partial charge is 0.480 e. The molecule has 132 valence electrons. The van der Waals surface area contributed by atoms with Gasteiger partial charge in [0.1, 0.15) is 11.7 Å². The molecule has 1 aromatic heterocycles. The van der Waals surface area contributed by atoms with Crippen LogP contribution < -0.4 is 10.6 Å². The first-order valence-electron chi connectivity index (χ1n) is 7.70. The zero-order valence-electron chi connectivity index (χ0n) is 13.7. The highest BCUT2D eigenvalue weighted by molar-refractivity contribution is 5.95. The number of rotatable bonds is 7. The standard InChI is InChI=1S/C18H16N4O4/c19-10-13-5-3-4-12(8-13)9-15(18(25)26)22-16(23)11-21-17(24)14-6-1-2-7-20-14/h1-8,15H,9,11H2,(H,21,24)(H,22,23)(H,25,26)/t15-/m0/s1. The molecule has 0 saturated heterocycles. The number of amides is 2. The van der Waals surface area contributed by atoms with Crippen LogP contribution >= 0.6 is 0 Å². The second kappa shape index (κ2) is 8.94. The monoisotopic (exact) mass is 352 g/mol. The normalized spacial score (nSPS) is 11.0.